The van der Waals surface area contributed by atoms with E-state index in [0.29, 0.717) is 12.6 Å². The minimum Gasteiger partial charge on any atom is -0.381 e. The van der Waals surface area contributed by atoms with E-state index in [1.54, 1.807) is 0 Å². The quantitative estimate of drug-likeness (QED) is 0.608. The van der Waals surface area contributed by atoms with Gasteiger partial charge in [0.05, 0.1) is 12.5 Å². The number of carbonyl (C=O) groups is 1. The number of rotatable bonds is 2. The van der Waals surface area contributed by atoms with Crippen molar-refractivity contribution in [2.75, 3.05) is 26.3 Å². The van der Waals surface area contributed by atoms with Gasteiger partial charge in [-0.05, 0) is 19.4 Å². The molecule has 74 valence electrons. The zero-order valence-electron chi connectivity index (χ0n) is 7.71. The van der Waals surface area contributed by atoms with E-state index >= 15 is 0 Å². The van der Waals surface area contributed by atoms with E-state index in [1.165, 1.54) is 0 Å². The Hall–Kier alpha value is -0.610. The first-order chi connectivity index (χ1) is 6.36. The molecule has 2 aliphatic rings. The van der Waals surface area contributed by atoms with Gasteiger partial charge in [0, 0.05) is 19.2 Å². The van der Waals surface area contributed by atoms with E-state index in [0.717, 1.165) is 32.5 Å². The molecule has 0 spiro atoms. The monoisotopic (exact) mass is 184 g/mol. The Kier molecular flexibility index (Phi) is 2.80. The second kappa shape index (κ2) is 4.07. The zero-order chi connectivity index (χ0) is 9.10. The minimum absolute atomic E-state index is 0.0978. The first-order valence-corrected chi connectivity index (χ1v) is 4.95. The Bertz CT molecular complexity index is 184. The standard InChI is InChI=1S/C9H16N2O2/c12-9(7-2-4-13-6-7)11-8-1-3-10-5-8/h7-8,10H,1-6H2,(H,11,12). The van der Waals surface area contributed by atoms with Crippen LogP contribution >= 0.6 is 0 Å². The number of nitrogens with one attached hydrogen (secondary N) is 2. The molecule has 0 saturated carbocycles. The largest absolute Gasteiger partial charge is 0.381 e. The Balaban J connectivity index is 1.76. The second-order valence-corrected chi connectivity index (χ2v) is 3.76. The normalized spacial score (nSPS) is 33.5. The first-order valence-electron chi connectivity index (χ1n) is 4.95. The lowest BCUT2D eigenvalue weighted by molar-refractivity contribution is -0.125. The molecule has 0 aromatic rings. The van der Waals surface area contributed by atoms with Crippen LogP contribution in [0.25, 0.3) is 0 Å². The van der Waals surface area contributed by atoms with Gasteiger partial charge in [0.2, 0.25) is 5.91 Å². The molecule has 2 fully saturated rings. The van der Waals surface area contributed by atoms with Gasteiger partial charge in [0.25, 0.3) is 0 Å². The molecular formula is C9H16N2O2. The van der Waals surface area contributed by atoms with E-state index < -0.39 is 0 Å². The fourth-order valence-corrected chi connectivity index (χ4v) is 1.84. The van der Waals surface area contributed by atoms with Gasteiger partial charge in [0.15, 0.2) is 0 Å². The number of ether oxygens (including phenoxy) is 1. The summed E-state index contributed by atoms with van der Waals surface area (Å²) in [7, 11) is 0. The minimum atomic E-state index is 0.0978. The first kappa shape index (κ1) is 8.97. The van der Waals surface area contributed by atoms with Crippen molar-refractivity contribution in [3.63, 3.8) is 0 Å². The molecule has 0 aliphatic carbocycles. The maximum absolute atomic E-state index is 11.6. The lowest BCUT2D eigenvalue weighted by atomic mass is 10.1. The summed E-state index contributed by atoms with van der Waals surface area (Å²) >= 11 is 0. The maximum atomic E-state index is 11.6. The fraction of sp³-hybridized carbons (Fsp3) is 0.889. The summed E-state index contributed by atoms with van der Waals surface area (Å²) in [5.41, 5.74) is 0. The SMILES string of the molecule is O=C(NC1CCNC1)C1CCOC1. The zero-order valence-corrected chi connectivity index (χ0v) is 7.71. The number of hydrogen-bond donors (Lipinski definition) is 2. The molecule has 2 heterocycles. The lowest BCUT2D eigenvalue weighted by Crippen LogP contribution is -2.40. The van der Waals surface area contributed by atoms with Crippen molar-refractivity contribution >= 4 is 5.91 Å². The average molecular weight is 184 g/mol. The molecule has 1 amide bonds. The Labute approximate surface area is 78.0 Å². The molecule has 2 aliphatic heterocycles. The topological polar surface area (TPSA) is 50.4 Å². The Morgan fingerprint density at radius 3 is 3.00 bits per heavy atom. The van der Waals surface area contributed by atoms with Gasteiger partial charge in [-0.1, -0.05) is 0 Å². The van der Waals surface area contributed by atoms with E-state index in [-0.39, 0.29) is 11.8 Å². The highest BCUT2D eigenvalue weighted by molar-refractivity contribution is 5.79. The predicted molar refractivity (Wildman–Crippen MR) is 48.3 cm³/mol. The van der Waals surface area contributed by atoms with Crippen LogP contribution < -0.4 is 10.6 Å². The van der Waals surface area contributed by atoms with Crippen LogP contribution in [-0.2, 0) is 9.53 Å². The lowest BCUT2D eigenvalue weighted by Gasteiger charge is -2.14. The summed E-state index contributed by atoms with van der Waals surface area (Å²) in [6.45, 7) is 3.28. The molecule has 2 rings (SSSR count). The molecule has 0 aromatic carbocycles. The number of amides is 1. The fourth-order valence-electron chi connectivity index (χ4n) is 1.84. The number of carbonyl (C=O) groups excluding carboxylic acids is 1. The van der Waals surface area contributed by atoms with E-state index in [4.69, 9.17) is 4.74 Å². The third-order valence-electron chi connectivity index (χ3n) is 2.71. The van der Waals surface area contributed by atoms with Gasteiger partial charge in [-0.15, -0.1) is 0 Å². The smallest absolute Gasteiger partial charge is 0.225 e. The molecule has 4 nitrogen and oxygen atoms in total. The van der Waals surface area contributed by atoms with Crippen molar-refractivity contribution < 1.29 is 9.53 Å². The van der Waals surface area contributed by atoms with E-state index in [1.807, 2.05) is 0 Å². The second-order valence-electron chi connectivity index (χ2n) is 3.76. The summed E-state index contributed by atoms with van der Waals surface area (Å²) in [5, 5.41) is 6.26. The molecule has 13 heavy (non-hydrogen) atoms. The molecular weight excluding hydrogens is 168 g/mol. The van der Waals surface area contributed by atoms with E-state index in [9.17, 15) is 4.79 Å². The third kappa shape index (κ3) is 2.19. The van der Waals surface area contributed by atoms with Gasteiger partial charge in [-0.2, -0.15) is 0 Å². The summed E-state index contributed by atoms with van der Waals surface area (Å²) in [6.07, 6.45) is 1.94. The van der Waals surface area contributed by atoms with Crippen molar-refractivity contribution in [2.24, 2.45) is 5.92 Å². The van der Waals surface area contributed by atoms with Crippen LogP contribution in [0.3, 0.4) is 0 Å². The van der Waals surface area contributed by atoms with Crippen LogP contribution in [0.5, 0.6) is 0 Å². The van der Waals surface area contributed by atoms with Gasteiger partial charge in [0.1, 0.15) is 0 Å². The van der Waals surface area contributed by atoms with Crippen LogP contribution in [0.15, 0.2) is 0 Å². The highest BCUT2D eigenvalue weighted by Crippen LogP contribution is 2.12. The third-order valence-corrected chi connectivity index (χ3v) is 2.71. The van der Waals surface area contributed by atoms with Crippen molar-refractivity contribution in [2.45, 2.75) is 18.9 Å². The highest BCUT2D eigenvalue weighted by Gasteiger charge is 2.26. The molecule has 0 radical (unpaired) electrons. The maximum Gasteiger partial charge on any atom is 0.225 e. The van der Waals surface area contributed by atoms with Crippen molar-refractivity contribution in [1.29, 1.82) is 0 Å². The Morgan fingerprint density at radius 2 is 2.38 bits per heavy atom. The summed E-state index contributed by atoms with van der Waals surface area (Å²) in [5.74, 6) is 0.270. The number of hydrogen-bond acceptors (Lipinski definition) is 3. The van der Waals surface area contributed by atoms with Crippen molar-refractivity contribution in [3.05, 3.63) is 0 Å². The Morgan fingerprint density at radius 1 is 1.46 bits per heavy atom. The molecule has 2 atom stereocenters. The van der Waals surface area contributed by atoms with Crippen LogP contribution in [0.1, 0.15) is 12.8 Å². The highest BCUT2D eigenvalue weighted by atomic mass is 16.5. The summed E-state index contributed by atoms with van der Waals surface area (Å²) < 4.78 is 5.17. The van der Waals surface area contributed by atoms with Gasteiger partial charge >= 0.3 is 0 Å². The van der Waals surface area contributed by atoms with Crippen LogP contribution in [0.4, 0.5) is 0 Å². The van der Waals surface area contributed by atoms with Crippen LogP contribution in [-0.4, -0.2) is 38.3 Å². The molecule has 2 N–H and O–H groups in total. The van der Waals surface area contributed by atoms with Crippen LogP contribution in [0.2, 0.25) is 0 Å². The van der Waals surface area contributed by atoms with Gasteiger partial charge in [-0.25, -0.2) is 0 Å². The van der Waals surface area contributed by atoms with E-state index in [2.05, 4.69) is 10.6 Å². The van der Waals surface area contributed by atoms with Crippen molar-refractivity contribution in [1.82, 2.24) is 10.6 Å². The molecule has 2 unspecified atom stereocenters. The average Bonchev–Trinajstić information content (AvgIpc) is 2.74. The summed E-state index contributed by atoms with van der Waals surface area (Å²) in [4.78, 5) is 11.6. The summed E-state index contributed by atoms with van der Waals surface area (Å²) in [6, 6.07) is 0.341. The molecule has 2 saturated heterocycles. The molecule has 0 bridgehead atoms. The van der Waals surface area contributed by atoms with Crippen LogP contribution in [0, 0.1) is 5.92 Å². The van der Waals surface area contributed by atoms with Gasteiger partial charge < -0.3 is 15.4 Å². The van der Waals surface area contributed by atoms with Gasteiger partial charge in [-0.3, -0.25) is 4.79 Å². The molecule has 0 aromatic heterocycles. The van der Waals surface area contributed by atoms with Crippen molar-refractivity contribution in [3.8, 4) is 0 Å². The molecule has 4 heteroatoms. The predicted octanol–water partition coefficient (Wildman–Crippen LogP) is -0.499.